The fourth-order valence-electron chi connectivity index (χ4n) is 2.82. The normalized spacial score (nSPS) is 16.2. The summed E-state index contributed by atoms with van der Waals surface area (Å²) >= 11 is 3.20. The molecule has 0 heterocycles. The van der Waals surface area contributed by atoms with Gasteiger partial charge in [-0.05, 0) is 46.4 Å². The molecule has 2 rings (SSSR count). The van der Waals surface area contributed by atoms with Crippen LogP contribution in [-0.4, -0.2) is 11.5 Å². The molecule has 0 spiro atoms. The maximum atomic E-state index is 10.9. The standard InChI is InChI=1S/C15H21BrN2O2/c16-14-7-6-13(10-15(14)18(19)20)11-17-9-8-12-4-2-1-3-5-12/h6-7,10,12,17H,1-5,8-9,11H2. The molecule has 0 atom stereocenters. The topological polar surface area (TPSA) is 55.2 Å². The van der Waals surface area contributed by atoms with Crippen LogP contribution in [0.25, 0.3) is 0 Å². The van der Waals surface area contributed by atoms with Gasteiger partial charge in [0.25, 0.3) is 5.69 Å². The summed E-state index contributed by atoms with van der Waals surface area (Å²) in [7, 11) is 0. The highest BCUT2D eigenvalue weighted by molar-refractivity contribution is 9.10. The van der Waals surface area contributed by atoms with E-state index >= 15 is 0 Å². The molecule has 4 nitrogen and oxygen atoms in total. The summed E-state index contributed by atoms with van der Waals surface area (Å²) < 4.78 is 0.536. The van der Waals surface area contributed by atoms with E-state index in [1.165, 1.54) is 38.5 Å². The van der Waals surface area contributed by atoms with Gasteiger partial charge in [0, 0.05) is 12.6 Å². The third kappa shape index (κ3) is 4.56. The van der Waals surface area contributed by atoms with Gasteiger partial charge in [0.05, 0.1) is 9.40 Å². The third-order valence-electron chi connectivity index (χ3n) is 3.99. The van der Waals surface area contributed by atoms with Crippen LogP contribution in [-0.2, 0) is 6.54 Å². The molecule has 0 bridgehead atoms. The third-order valence-corrected chi connectivity index (χ3v) is 4.66. The molecular formula is C15H21BrN2O2. The number of hydrogen-bond donors (Lipinski definition) is 1. The van der Waals surface area contributed by atoms with Gasteiger partial charge in [-0.3, -0.25) is 10.1 Å². The number of benzene rings is 1. The average Bonchev–Trinajstić information content (AvgIpc) is 2.46. The zero-order valence-corrected chi connectivity index (χ0v) is 13.2. The summed E-state index contributed by atoms with van der Waals surface area (Å²) in [5.74, 6) is 0.871. The first-order chi connectivity index (χ1) is 9.66. The van der Waals surface area contributed by atoms with Gasteiger partial charge >= 0.3 is 0 Å². The number of nitro groups is 1. The highest BCUT2D eigenvalue weighted by atomic mass is 79.9. The van der Waals surface area contributed by atoms with E-state index in [4.69, 9.17) is 0 Å². The van der Waals surface area contributed by atoms with Gasteiger partial charge in [-0.15, -0.1) is 0 Å². The Kier molecular flexibility index (Phi) is 5.98. The second-order valence-corrected chi connectivity index (χ2v) is 6.37. The predicted octanol–water partition coefficient (Wildman–Crippen LogP) is 4.42. The fraction of sp³-hybridized carbons (Fsp3) is 0.600. The van der Waals surface area contributed by atoms with Crippen molar-refractivity contribution in [2.75, 3.05) is 6.54 Å². The van der Waals surface area contributed by atoms with Gasteiger partial charge in [-0.1, -0.05) is 38.2 Å². The summed E-state index contributed by atoms with van der Waals surface area (Å²) in [6, 6.07) is 5.30. The zero-order chi connectivity index (χ0) is 14.4. The largest absolute Gasteiger partial charge is 0.313 e. The van der Waals surface area contributed by atoms with Gasteiger partial charge in [0.1, 0.15) is 0 Å². The molecule has 0 aromatic heterocycles. The lowest BCUT2D eigenvalue weighted by Crippen LogP contribution is -2.19. The Morgan fingerprint density at radius 3 is 2.75 bits per heavy atom. The van der Waals surface area contributed by atoms with Crippen molar-refractivity contribution >= 4 is 21.6 Å². The first kappa shape index (κ1) is 15.4. The van der Waals surface area contributed by atoms with E-state index in [-0.39, 0.29) is 10.6 Å². The van der Waals surface area contributed by atoms with Crippen LogP contribution in [0.4, 0.5) is 5.69 Å². The van der Waals surface area contributed by atoms with Crippen LogP contribution in [0.5, 0.6) is 0 Å². The van der Waals surface area contributed by atoms with Crippen LogP contribution >= 0.6 is 15.9 Å². The second kappa shape index (κ2) is 7.74. The van der Waals surface area contributed by atoms with E-state index < -0.39 is 0 Å². The Hall–Kier alpha value is -0.940. The van der Waals surface area contributed by atoms with Crippen molar-refractivity contribution in [3.63, 3.8) is 0 Å². The van der Waals surface area contributed by atoms with Crippen molar-refractivity contribution in [2.24, 2.45) is 5.92 Å². The Balaban J connectivity index is 1.76. The van der Waals surface area contributed by atoms with E-state index in [2.05, 4.69) is 21.2 Å². The highest BCUT2D eigenvalue weighted by Gasteiger charge is 2.13. The molecule has 0 radical (unpaired) electrons. The molecule has 1 aromatic carbocycles. The lowest BCUT2D eigenvalue weighted by Gasteiger charge is -2.21. The molecule has 5 heteroatoms. The molecule has 0 amide bonds. The van der Waals surface area contributed by atoms with Crippen LogP contribution in [0.1, 0.15) is 44.1 Å². The molecule has 1 aliphatic rings. The number of nitro benzene ring substituents is 1. The van der Waals surface area contributed by atoms with Crippen molar-refractivity contribution in [1.82, 2.24) is 5.32 Å². The van der Waals surface area contributed by atoms with Crippen LogP contribution < -0.4 is 5.32 Å². The highest BCUT2D eigenvalue weighted by Crippen LogP contribution is 2.26. The van der Waals surface area contributed by atoms with Crippen molar-refractivity contribution in [1.29, 1.82) is 0 Å². The summed E-state index contributed by atoms with van der Waals surface area (Å²) in [6.45, 7) is 1.69. The van der Waals surface area contributed by atoms with E-state index in [1.54, 1.807) is 12.1 Å². The van der Waals surface area contributed by atoms with E-state index in [9.17, 15) is 10.1 Å². The molecule has 1 aliphatic carbocycles. The molecule has 0 unspecified atom stereocenters. The Labute approximate surface area is 128 Å². The maximum absolute atomic E-state index is 10.9. The van der Waals surface area contributed by atoms with Gasteiger partial charge < -0.3 is 5.32 Å². The fourth-order valence-corrected chi connectivity index (χ4v) is 3.21. The quantitative estimate of drug-likeness (QED) is 0.473. The number of halogens is 1. The minimum atomic E-state index is -0.352. The molecule has 1 N–H and O–H groups in total. The molecule has 1 saturated carbocycles. The summed E-state index contributed by atoms with van der Waals surface area (Å²) in [5.41, 5.74) is 1.10. The van der Waals surface area contributed by atoms with Crippen LogP contribution in [0, 0.1) is 16.0 Å². The SMILES string of the molecule is O=[N+]([O-])c1cc(CNCCC2CCCCC2)ccc1Br. The number of nitrogens with one attached hydrogen (secondary N) is 1. The zero-order valence-electron chi connectivity index (χ0n) is 11.6. The van der Waals surface area contributed by atoms with E-state index in [1.807, 2.05) is 6.07 Å². The molecule has 110 valence electrons. The first-order valence-electron chi connectivity index (χ1n) is 7.30. The van der Waals surface area contributed by atoms with Gasteiger partial charge in [0.2, 0.25) is 0 Å². The van der Waals surface area contributed by atoms with Crippen molar-refractivity contribution in [3.05, 3.63) is 38.3 Å². The summed E-state index contributed by atoms with van der Waals surface area (Å²) in [4.78, 5) is 10.5. The number of hydrogen-bond acceptors (Lipinski definition) is 3. The molecule has 20 heavy (non-hydrogen) atoms. The molecular weight excluding hydrogens is 320 g/mol. The van der Waals surface area contributed by atoms with Gasteiger partial charge in [0.15, 0.2) is 0 Å². The smallest absolute Gasteiger partial charge is 0.283 e. The molecule has 1 fully saturated rings. The van der Waals surface area contributed by atoms with E-state index in [0.29, 0.717) is 11.0 Å². The number of nitrogens with zero attached hydrogens (tertiary/aromatic N) is 1. The Morgan fingerprint density at radius 1 is 1.30 bits per heavy atom. The van der Waals surface area contributed by atoms with Crippen molar-refractivity contribution in [2.45, 2.75) is 45.1 Å². The minimum Gasteiger partial charge on any atom is -0.313 e. The van der Waals surface area contributed by atoms with Crippen LogP contribution in [0.3, 0.4) is 0 Å². The lowest BCUT2D eigenvalue weighted by molar-refractivity contribution is -0.385. The van der Waals surface area contributed by atoms with Crippen LogP contribution in [0.15, 0.2) is 22.7 Å². The minimum absolute atomic E-state index is 0.136. The number of rotatable bonds is 6. The average molecular weight is 341 g/mol. The van der Waals surface area contributed by atoms with Crippen LogP contribution in [0.2, 0.25) is 0 Å². The molecule has 0 saturated heterocycles. The molecule has 0 aliphatic heterocycles. The predicted molar refractivity (Wildman–Crippen MR) is 83.7 cm³/mol. The summed E-state index contributed by atoms with van der Waals surface area (Å²) in [5, 5.41) is 14.3. The lowest BCUT2D eigenvalue weighted by atomic mass is 9.87. The molecule has 1 aromatic rings. The van der Waals surface area contributed by atoms with Gasteiger partial charge in [-0.25, -0.2) is 0 Å². The van der Waals surface area contributed by atoms with Gasteiger partial charge in [-0.2, -0.15) is 0 Å². The first-order valence-corrected chi connectivity index (χ1v) is 8.09. The maximum Gasteiger partial charge on any atom is 0.283 e. The van der Waals surface area contributed by atoms with E-state index in [0.717, 1.165) is 18.0 Å². The van der Waals surface area contributed by atoms with Crippen molar-refractivity contribution < 1.29 is 4.92 Å². The Morgan fingerprint density at radius 2 is 2.05 bits per heavy atom. The monoisotopic (exact) mass is 340 g/mol. The Bertz CT molecular complexity index is 459. The van der Waals surface area contributed by atoms with Crippen molar-refractivity contribution in [3.8, 4) is 0 Å². The summed E-state index contributed by atoms with van der Waals surface area (Å²) in [6.07, 6.45) is 8.11. The second-order valence-electron chi connectivity index (χ2n) is 5.51.